The van der Waals surface area contributed by atoms with E-state index in [0.717, 1.165) is 51.4 Å². The molecule has 10 heteroatoms. The van der Waals surface area contributed by atoms with Gasteiger partial charge in [0, 0.05) is 12.8 Å². The van der Waals surface area contributed by atoms with Gasteiger partial charge in [-0.3, -0.25) is 18.6 Å². The predicted molar refractivity (Wildman–Crippen MR) is 233 cm³/mol. The zero-order valence-corrected chi connectivity index (χ0v) is 37.1. The maximum atomic E-state index is 12.7. The van der Waals surface area contributed by atoms with Gasteiger partial charge in [-0.15, -0.1) is 6.58 Å². The first-order valence-electron chi connectivity index (χ1n) is 22.0. The van der Waals surface area contributed by atoms with Crippen molar-refractivity contribution >= 4 is 19.8 Å². The van der Waals surface area contributed by atoms with E-state index in [2.05, 4.69) is 62.1 Å². The Labute approximate surface area is 343 Å². The molecule has 1 unspecified atom stereocenters. The lowest BCUT2D eigenvalue weighted by molar-refractivity contribution is -0.870. The fraction of sp³-hybridized carbons (Fsp3) is 0.739. The van der Waals surface area contributed by atoms with Crippen molar-refractivity contribution in [3.8, 4) is 0 Å². The molecule has 0 saturated carbocycles. The van der Waals surface area contributed by atoms with E-state index in [1.54, 1.807) is 0 Å². The SMILES string of the molecule is C=CCCCCCCCCCCCCCCCC(=O)O[C@H](COC(=O)CCC/C=C/C/C=C/C/C=C/C/C=C/CCCCC)COP(=O)(O)OCC[N+](C)(C)C. The van der Waals surface area contributed by atoms with Crippen LogP contribution in [-0.4, -0.2) is 74.9 Å². The Balaban J connectivity index is 4.44. The first-order valence-corrected chi connectivity index (χ1v) is 23.5. The summed E-state index contributed by atoms with van der Waals surface area (Å²) in [5.74, 6) is -0.869. The molecule has 0 aromatic rings. The smallest absolute Gasteiger partial charge is 0.462 e. The van der Waals surface area contributed by atoms with E-state index >= 15 is 0 Å². The molecule has 0 fully saturated rings. The number of hydrogen-bond donors (Lipinski definition) is 1. The van der Waals surface area contributed by atoms with Crippen LogP contribution in [0.25, 0.3) is 0 Å². The van der Waals surface area contributed by atoms with Gasteiger partial charge < -0.3 is 18.9 Å². The van der Waals surface area contributed by atoms with E-state index in [9.17, 15) is 19.0 Å². The van der Waals surface area contributed by atoms with Crippen molar-refractivity contribution < 1.29 is 42.1 Å². The second kappa shape index (κ2) is 38.2. The summed E-state index contributed by atoms with van der Waals surface area (Å²) in [5, 5.41) is 0. The molecule has 0 aromatic carbocycles. The molecule has 324 valence electrons. The van der Waals surface area contributed by atoms with E-state index in [0.29, 0.717) is 23.9 Å². The Morgan fingerprint density at radius 1 is 0.607 bits per heavy atom. The molecule has 0 aliphatic heterocycles. The summed E-state index contributed by atoms with van der Waals surface area (Å²) in [4.78, 5) is 35.3. The van der Waals surface area contributed by atoms with E-state index in [-0.39, 0.29) is 26.1 Å². The summed E-state index contributed by atoms with van der Waals surface area (Å²) in [6.45, 7) is 5.84. The predicted octanol–water partition coefficient (Wildman–Crippen LogP) is 12.5. The summed E-state index contributed by atoms with van der Waals surface area (Å²) in [5.41, 5.74) is 0. The molecule has 56 heavy (non-hydrogen) atoms. The molecule has 0 aliphatic rings. The molecule has 0 heterocycles. The van der Waals surface area contributed by atoms with Gasteiger partial charge in [0.1, 0.15) is 19.8 Å². The number of phosphoric acid groups is 1. The maximum Gasteiger partial charge on any atom is 0.472 e. The summed E-state index contributed by atoms with van der Waals surface area (Å²) in [6.07, 6.45) is 44.5. The number of phosphoric ester groups is 1. The summed E-state index contributed by atoms with van der Waals surface area (Å²) in [6, 6.07) is 0. The van der Waals surface area contributed by atoms with Gasteiger partial charge in [-0.2, -0.15) is 0 Å². The lowest BCUT2D eigenvalue weighted by Gasteiger charge is -2.24. The van der Waals surface area contributed by atoms with Gasteiger partial charge >= 0.3 is 19.8 Å². The fourth-order valence-corrected chi connectivity index (χ4v) is 6.43. The third-order valence-corrected chi connectivity index (χ3v) is 10.2. The van der Waals surface area contributed by atoms with Crippen molar-refractivity contribution in [1.29, 1.82) is 0 Å². The number of rotatable bonds is 40. The Bertz CT molecular complexity index is 1130. The Morgan fingerprint density at radius 2 is 1.07 bits per heavy atom. The molecular formula is C46H83NO8P+. The highest BCUT2D eigenvalue weighted by Crippen LogP contribution is 2.43. The molecule has 0 rings (SSSR count). The molecule has 0 bridgehead atoms. The van der Waals surface area contributed by atoms with Gasteiger partial charge in [-0.25, -0.2) is 4.57 Å². The van der Waals surface area contributed by atoms with Crippen LogP contribution in [0.5, 0.6) is 0 Å². The van der Waals surface area contributed by atoms with Crippen molar-refractivity contribution in [2.75, 3.05) is 47.5 Å². The average Bonchev–Trinajstić information content (AvgIpc) is 3.15. The number of esters is 2. The minimum Gasteiger partial charge on any atom is -0.462 e. The van der Waals surface area contributed by atoms with Crippen LogP contribution in [-0.2, 0) is 32.7 Å². The minimum absolute atomic E-state index is 0.0207. The average molecular weight is 809 g/mol. The second-order valence-corrected chi connectivity index (χ2v) is 17.3. The molecule has 9 nitrogen and oxygen atoms in total. The third kappa shape index (κ3) is 41.3. The molecular weight excluding hydrogens is 725 g/mol. The Kier molecular flexibility index (Phi) is 36.7. The molecule has 0 aromatic heterocycles. The highest BCUT2D eigenvalue weighted by molar-refractivity contribution is 7.47. The normalized spacial score (nSPS) is 13.9. The maximum absolute atomic E-state index is 12.7. The van der Waals surface area contributed by atoms with Gasteiger partial charge in [-0.1, -0.05) is 145 Å². The topological polar surface area (TPSA) is 108 Å². The van der Waals surface area contributed by atoms with Crippen molar-refractivity contribution in [3.63, 3.8) is 0 Å². The van der Waals surface area contributed by atoms with Crippen LogP contribution < -0.4 is 0 Å². The number of nitrogens with zero attached hydrogens (tertiary/aromatic N) is 1. The van der Waals surface area contributed by atoms with E-state index in [1.165, 1.54) is 83.5 Å². The van der Waals surface area contributed by atoms with Gasteiger partial charge in [0.05, 0.1) is 27.7 Å². The lowest BCUT2D eigenvalue weighted by atomic mass is 10.0. The van der Waals surface area contributed by atoms with E-state index in [4.69, 9.17) is 18.5 Å². The quantitative estimate of drug-likeness (QED) is 0.0214. The molecule has 0 amide bonds. The van der Waals surface area contributed by atoms with Crippen LogP contribution in [0.15, 0.2) is 61.3 Å². The van der Waals surface area contributed by atoms with Crippen molar-refractivity contribution in [2.45, 2.75) is 174 Å². The minimum atomic E-state index is -4.39. The second-order valence-electron chi connectivity index (χ2n) is 15.8. The van der Waals surface area contributed by atoms with Crippen molar-refractivity contribution in [3.05, 3.63) is 61.3 Å². The van der Waals surface area contributed by atoms with Crippen LogP contribution in [0, 0.1) is 0 Å². The monoisotopic (exact) mass is 809 g/mol. The Morgan fingerprint density at radius 3 is 1.59 bits per heavy atom. The fourth-order valence-electron chi connectivity index (χ4n) is 5.69. The van der Waals surface area contributed by atoms with Gasteiger partial charge in [0.2, 0.25) is 0 Å². The molecule has 0 saturated heterocycles. The van der Waals surface area contributed by atoms with Crippen LogP contribution in [0.1, 0.15) is 167 Å². The molecule has 0 spiro atoms. The first-order chi connectivity index (χ1) is 27.0. The van der Waals surface area contributed by atoms with Crippen molar-refractivity contribution in [1.82, 2.24) is 0 Å². The first kappa shape index (κ1) is 53.7. The van der Waals surface area contributed by atoms with Gasteiger partial charge in [0.15, 0.2) is 6.10 Å². The van der Waals surface area contributed by atoms with E-state index < -0.39 is 32.5 Å². The third-order valence-electron chi connectivity index (χ3n) is 9.17. The summed E-state index contributed by atoms with van der Waals surface area (Å²) >= 11 is 0. The molecule has 2 atom stereocenters. The van der Waals surface area contributed by atoms with Crippen molar-refractivity contribution in [2.24, 2.45) is 0 Å². The number of likely N-dealkylation sites (N-methyl/N-ethyl adjacent to an activating group) is 1. The number of carbonyl (C=O) groups excluding carboxylic acids is 2. The number of allylic oxidation sites excluding steroid dienone is 9. The van der Waals surface area contributed by atoms with Crippen LogP contribution in [0.4, 0.5) is 0 Å². The zero-order chi connectivity index (χ0) is 41.4. The summed E-state index contributed by atoms with van der Waals surface area (Å²) in [7, 11) is 1.44. The molecule has 0 aliphatic carbocycles. The number of unbranched alkanes of at least 4 members (excludes halogenated alkanes) is 17. The standard InChI is InChI=1S/C46H82NO8P/c1-6-8-10-12-14-16-18-20-22-23-25-26-28-30-32-34-36-38-45(48)52-42-44(43-54-56(50,51)53-41-40-47(3,4)5)55-46(49)39-37-35-33-31-29-27-24-21-19-17-15-13-11-9-7-2/h7,14,16,20,22,25-26,30,32,44H,2,6,8-13,15,17-19,21,23-24,27-29,31,33-43H2,1,3-5H3/p+1/b16-14+,22-20+,26-25+,32-30+/t44-/m1/s1. The van der Waals surface area contributed by atoms with Gasteiger partial charge in [0.25, 0.3) is 0 Å². The lowest BCUT2D eigenvalue weighted by Crippen LogP contribution is -2.37. The van der Waals surface area contributed by atoms with Crippen LogP contribution >= 0.6 is 7.82 Å². The number of quaternary nitrogens is 1. The van der Waals surface area contributed by atoms with Crippen LogP contribution in [0.3, 0.4) is 0 Å². The zero-order valence-electron chi connectivity index (χ0n) is 36.2. The Hall–Kier alpha value is -2.29. The molecule has 1 N–H and O–H groups in total. The highest BCUT2D eigenvalue weighted by Gasteiger charge is 2.27. The number of ether oxygens (including phenoxy) is 2. The number of carbonyl (C=O) groups is 2. The van der Waals surface area contributed by atoms with E-state index in [1.807, 2.05) is 27.2 Å². The number of hydrogen-bond acceptors (Lipinski definition) is 7. The van der Waals surface area contributed by atoms with Gasteiger partial charge in [-0.05, 0) is 64.2 Å². The molecule has 0 radical (unpaired) electrons. The largest absolute Gasteiger partial charge is 0.472 e. The van der Waals surface area contributed by atoms with Crippen LogP contribution in [0.2, 0.25) is 0 Å². The highest BCUT2D eigenvalue weighted by atomic mass is 31.2. The summed E-state index contributed by atoms with van der Waals surface area (Å²) < 4.78 is 34.2.